The van der Waals surface area contributed by atoms with Crippen molar-refractivity contribution in [2.75, 3.05) is 10.6 Å². The molecule has 0 aromatic heterocycles. The molecule has 1 amide bonds. The highest BCUT2D eigenvalue weighted by Gasteiger charge is 2.03. The number of rotatable bonds is 5. The Balaban J connectivity index is 2.04. The molecule has 3 N–H and O–H groups in total. The molecule has 4 nitrogen and oxygen atoms in total. The summed E-state index contributed by atoms with van der Waals surface area (Å²) in [5.74, 6) is -0.0789. The van der Waals surface area contributed by atoms with Crippen molar-refractivity contribution in [1.82, 2.24) is 0 Å². The van der Waals surface area contributed by atoms with Crippen LogP contribution in [0.2, 0.25) is 0 Å². The molecule has 0 radical (unpaired) electrons. The summed E-state index contributed by atoms with van der Waals surface area (Å²) in [5.41, 5.74) is 3.70. The molecule has 4 heteroatoms. The molecule has 0 fully saturated rings. The molecule has 0 saturated carbocycles. The highest BCUT2D eigenvalue weighted by molar-refractivity contribution is 5.89. The monoisotopic (exact) mass is 270 g/mol. The molecule has 0 bridgehead atoms. The Hall–Kier alpha value is -2.33. The summed E-state index contributed by atoms with van der Waals surface area (Å²) in [6, 6.07) is 15.3. The highest BCUT2D eigenvalue weighted by atomic mass is 16.3. The van der Waals surface area contributed by atoms with Gasteiger partial charge in [0.05, 0.1) is 6.61 Å². The molecule has 0 aliphatic rings. The maximum Gasteiger partial charge on any atom is 0.221 e. The van der Waals surface area contributed by atoms with Crippen molar-refractivity contribution < 1.29 is 9.90 Å². The first-order valence-electron chi connectivity index (χ1n) is 6.48. The van der Waals surface area contributed by atoms with Crippen LogP contribution in [0, 0.1) is 0 Å². The van der Waals surface area contributed by atoms with E-state index in [2.05, 4.69) is 10.6 Å². The summed E-state index contributed by atoms with van der Waals surface area (Å²) >= 11 is 0. The summed E-state index contributed by atoms with van der Waals surface area (Å²) in [6.07, 6.45) is 0. The van der Waals surface area contributed by atoms with E-state index >= 15 is 0 Å². The van der Waals surface area contributed by atoms with Crippen LogP contribution >= 0.6 is 0 Å². The maximum absolute atomic E-state index is 11.2. The number of hydrogen-bond donors (Lipinski definition) is 3. The third-order valence-electron chi connectivity index (χ3n) is 2.95. The van der Waals surface area contributed by atoms with Crippen molar-refractivity contribution in [1.29, 1.82) is 0 Å². The van der Waals surface area contributed by atoms with Gasteiger partial charge in [-0.3, -0.25) is 4.79 Å². The van der Waals surface area contributed by atoms with Gasteiger partial charge in [-0.1, -0.05) is 30.3 Å². The van der Waals surface area contributed by atoms with Gasteiger partial charge in [-0.25, -0.2) is 0 Å². The van der Waals surface area contributed by atoms with Gasteiger partial charge in [0.2, 0.25) is 5.91 Å². The molecular weight excluding hydrogens is 252 g/mol. The first-order valence-corrected chi connectivity index (χ1v) is 6.48. The van der Waals surface area contributed by atoms with Gasteiger partial charge in [-0.05, 0) is 29.3 Å². The van der Waals surface area contributed by atoms with Gasteiger partial charge in [-0.2, -0.15) is 0 Å². The highest BCUT2D eigenvalue weighted by Crippen LogP contribution is 2.17. The quantitative estimate of drug-likeness (QED) is 0.783. The summed E-state index contributed by atoms with van der Waals surface area (Å²) in [5, 5.41) is 15.1. The van der Waals surface area contributed by atoms with Crippen molar-refractivity contribution >= 4 is 17.3 Å². The molecule has 0 heterocycles. The SMILES string of the molecule is CC(=O)Nc1ccccc1CNc1ccc(CO)cc1. The number of carbonyl (C=O) groups is 1. The smallest absolute Gasteiger partial charge is 0.221 e. The van der Waals surface area contributed by atoms with Crippen LogP contribution in [0.15, 0.2) is 48.5 Å². The first-order chi connectivity index (χ1) is 9.69. The van der Waals surface area contributed by atoms with Crippen molar-refractivity contribution in [2.24, 2.45) is 0 Å². The Morgan fingerprint density at radius 1 is 1.10 bits per heavy atom. The molecule has 0 unspecified atom stereocenters. The van der Waals surface area contributed by atoms with Gasteiger partial charge in [0, 0.05) is 24.8 Å². The second-order valence-corrected chi connectivity index (χ2v) is 4.55. The van der Waals surface area contributed by atoms with Crippen LogP contribution in [0.1, 0.15) is 18.1 Å². The van der Waals surface area contributed by atoms with Crippen LogP contribution in [-0.4, -0.2) is 11.0 Å². The zero-order valence-corrected chi connectivity index (χ0v) is 11.4. The molecule has 2 rings (SSSR count). The van der Waals surface area contributed by atoms with E-state index in [4.69, 9.17) is 5.11 Å². The minimum Gasteiger partial charge on any atom is -0.392 e. The number of benzene rings is 2. The number of aliphatic hydroxyl groups excluding tert-OH is 1. The Bertz CT molecular complexity index is 579. The number of hydrogen-bond acceptors (Lipinski definition) is 3. The lowest BCUT2D eigenvalue weighted by Crippen LogP contribution is -2.10. The second-order valence-electron chi connectivity index (χ2n) is 4.55. The van der Waals surface area contributed by atoms with E-state index in [9.17, 15) is 4.79 Å². The van der Waals surface area contributed by atoms with Gasteiger partial charge >= 0.3 is 0 Å². The fraction of sp³-hybridized carbons (Fsp3) is 0.188. The predicted octanol–water partition coefficient (Wildman–Crippen LogP) is 2.75. The van der Waals surface area contributed by atoms with Gasteiger partial charge in [0.25, 0.3) is 0 Å². The van der Waals surface area contributed by atoms with Crippen molar-refractivity contribution in [3.63, 3.8) is 0 Å². The van der Waals surface area contributed by atoms with E-state index in [1.54, 1.807) is 0 Å². The molecule has 20 heavy (non-hydrogen) atoms. The average molecular weight is 270 g/mol. The number of amides is 1. The fourth-order valence-electron chi connectivity index (χ4n) is 1.91. The molecular formula is C16H18N2O2. The third kappa shape index (κ3) is 3.83. The van der Waals surface area contributed by atoms with Gasteiger partial charge in [0.15, 0.2) is 0 Å². The van der Waals surface area contributed by atoms with Crippen molar-refractivity contribution in [3.8, 4) is 0 Å². The normalized spacial score (nSPS) is 10.1. The molecule has 0 aliphatic carbocycles. The molecule has 0 aliphatic heterocycles. The van der Waals surface area contributed by atoms with E-state index < -0.39 is 0 Å². The van der Waals surface area contributed by atoms with Crippen LogP contribution < -0.4 is 10.6 Å². The predicted molar refractivity (Wildman–Crippen MR) is 80.4 cm³/mol. The minimum absolute atomic E-state index is 0.0473. The Morgan fingerprint density at radius 2 is 1.80 bits per heavy atom. The molecule has 2 aromatic carbocycles. The van der Waals surface area contributed by atoms with E-state index in [0.717, 1.165) is 22.5 Å². The van der Waals surface area contributed by atoms with Crippen LogP contribution in [-0.2, 0) is 17.9 Å². The summed E-state index contributed by atoms with van der Waals surface area (Å²) in [7, 11) is 0. The molecule has 0 atom stereocenters. The second kappa shape index (κ2) is 6.73. The lowest BCUT2D eigenvalue weighted by Gasteiger charge is -2.12. The standard InChI is InChI=1S/C16H18N2O2/c1-12(20)18-16-5-3-2-4-14(16)10-17-15-8-6-13(11-19)7-9-15/h2-9,17,19H,10-11H2,1H3,(H,18,20). The minimum atomic E-state index is -0.0789. The zero-order chi connectivity index (χ0) is 14.4. The maximum atomic E-state index is 11.2. The number of anilines is 2. The van der Waals surface area contributed by atoms with E-state index in [-0.39, 0.29) is 12.5 Å². The largest absolute Gasteiger partial charge is 0.392 e. The number of para-hydroxylation sites is 1. The van der Waals surface area contributed by atoms with Crippen LogP contribution in [0.4, 0.5) is 11.4 Å². The lowest BCUT2D eigenvalue weighted by molar-refractivity contribution is -0.114. The topological polar surface area (TPSA) is 61.4 Å². The summed E-state index contributed by atoms with van der Waals surface area (Å²) in [6.45, 7) is 2.17. The Kier molecular flexibility index (Phi) is 4.74. The van der Waals surface area contributed by atoms with Crippen molar-refractivity contribution in [3.05, 3.63) is 59.7 Å². The Labute approximate surface area is 118 Å². The molecule has 104 valence electrons. The van der Waals surface area contributed by atoms with Gasteiger partial charge in [-0.15, -0.1) is 0 Å². The van der Waals surface area contributed by atoms with Crippen LogP contribution in [0.5, 0.6) is 0 Å². The number of aliphatic hydroxyl groups is 1. The molecule has 0 spiro atoms. The zero-order valence-electron chi connectivity index (χ0n) is 11.4. The van der Waals surface area contributed by atoms with Crippen LogP contribution in [0.3, 0.4) is 0 Å². The van der Waals surface area contributed by atoms with Gasteiger partial charge in [0.1, 0.15) is 0 Å². The summed E-state index contributed by atoms with van der Waals surface area (Å²) < 4.78 is 0. The number of carbonyl (C=O) groups excluding carboxylic acids is 1. The average Bonchev–Trinajstić information content (AvgIpc) is 2.46. The Morgan fingerprint density at radius 3 is 2.45 bits per heavy atom. The fourth-order valence-corrected chi connectivity index (χ4v) is 1.91. The summed E-state index contributed by atoms with van der Waals surface area (Å²) in [4.78, 5) is 11.2. The molecule has 2 aromatic rings. The first kappa shape index (κ1) is 14.1. The van der Waals surface area contributed by atoms with Crippen molar-refractivity contribution in [2.45, 2.75) is 20.1 Å². The van der Waals surface area contributed by atoms with Gasteiger partial charge < -0.3 is 15.7 Å². The molecule has 0 saturated heterocycles. The number of nitrogens with one attached hydrogen (secondary N) is 2. The lowest BCUT2D eigenvalue weighted by atomic mass is 10.1. The van der Waals surface area contributed by atoms with E-state index in [0.29, 0.717) is 6.54 Å². The van der Waals surface area contributed by atoms with E-state index in [1.165, 1.54) is 6.92 Å². The van der Waals surface area contributed by atoms with Crippen LogP contribution in [0.25, 0.3) is 0 Å². The third-order valence-corrected chi connectivity index (χ3v) is 2.95. The van der Waals surface area contributed by atoms with E-state index in [1.807, 2.05) is 48.5 Å².